The van der Waals surface area contributed by atoms with Crippen molar-refractivity contribution in [1.29, 1.82) is 0 Å². The summed E-state index contributed by atoms with van der Waals surface area (Å²) in [7, 11) is 2.11. The largest absolute Gasteiger partial charge is 0.287 e. The van der Waals surface area contributed by atoms with Crippen LogP contribution in [0.1, 0.15) is 92.7 Å². The summed E-state index contributed by atoms with van der Waals surface area (Å²) in [5.74, 6) is 1.42. The quantitative estimate of drug-likeness (QED) is 0.269. The average Bonchev–Trinajstić information content (AvgIpc) is 2.80. The molecule has 1 heterocycles. The Hall–Kier alpha value is -3.00. The predicted octanol–water partition coefficient (Wildman–Crippen LogP) is 8.69. The van der Waals surface area contributed by atoms with Crippen molar-refractivity contribution < 1.29 is 4.57 Å². The molecular weight excluding hydrogens is 424 g/mol. The third kappa shape index (κ3) is 4.63. The molecule has 0 spiro atoms. The molecule has 0 saturated heterocycles. The Balaban J connectivity index is 2.08. The molecule has 182 valence electrons. The minimum atomic E-state index is 0.451. The van der Waals surface area contributed by atoms with Crippen molar-refractivity contribution in [3.05, 3.63) is 82.2 Å². The molecular formula is C33H41N2+. The highest BCUT2D eigenvalue weighted by Crippen LogP contribution is 2.41. The molecule has 2 heteroatoms. The lowest BCUT2D eigenvalue weighted by molar-refractivity contribution is -0.662. The maximum absolute atomic E-state index is 4.72. The lowest BCUT2D eigenvalue weighted by atomic mass is 9.80. The van der Waals surface area contributed by atoms with Gasteiger partial charge in [-0.2, -0.15) is 0 Å². The Kier molecular flexibility index (Phi) is 6.86. The fraction of sp³-hybridized carbons (Fsp3) is 0.394. The van der Waals surface area contributed by atoms with E-state index in [2.05, 4.69) is 116 Å². The molecule has 35 heavy (non-hydrogen) atoms. The molecule has 0 N–H and O–H groups in total. The smallest absolute Gasteiger partial charge is 0.232 e. The maximum atomic E-state index is 4.72. The minimum Gasteiger partial charge on any atom is -0.232 e. The van der Waals surface area contributed by atoms with Crippen LogP contribution in [0.2, 0.25) is 0 Å². The van der Waals surface area contributed by atoms with Crippen LogP contribution in [0.5, 0.6) is 0 Å². The van der Waals surface area contributed by atoms with Crippen LogP contribution in [0.15, 0.2) is 48.8 Å². The molecule has 0 amide bonds. The van der Waals surface area contributed by atoms with Crippen molar-refractivity contribution in [3.63, 3.8) is 0 Å². The fourth-order valence-corrected chi connectivity index (χ4v) is 5.22. The molecule has 0 aliphatic heterocycles. The van der Waals surface area contributed by atoms with E-state index in [4.69, 9.17) is 4.98 Å². The van der Waals surface area contributed by atoms with Crippen LogP contribution in [-0.4, -0.2) is 4.98 Å². The minimum absolute atomic E-state index is 0.451. The van der Waals surface area contributed by atoms with Gasteiger partial charge in [0.25, 0.3) is 6.33 Å². The summed E-state index contributed by atoms with van der Waals surface area (Å²) in [5.41, 5.74) is 14.5. The van der Waals surface area contributed by atoms with Gasteiger partial charge in [0.05, 0.1) is 12.4 Å². The van der Waals surface area contributed by atoms with Gasteiger partial charge >= 0.3 is 0 Å². The number of hydrogen-bond donors (Lipinski definition) is 0. The second-order valence-electron chi connectivity index (χ2n) is 11.2. The van der Waals surface area contributed by atoms with Crippen molar-refractivity contribution in [2.45, 2.75) is 80.1 Å². The Morgan fingerprint density at radius 3 is 1.94 bits per heavy atom. The summed E-state index contributed by atoms with van der Waals surface area (Å²) in [6.07, 6.45) is 1.95. The molecule has 0 atom stereocenters. The van der Waals surface area contributed by atoms with Crippen LogP contribution < -0.4 is 4.57 Å². The molecule has 0 fully saturated rings. The first-order valence-corrected chi connectivity index (χ1v) is 13.0. The van der Waals surface area contributed by atoms with E-state index >= 15 is 0 Å². The Labute approximate surface area is 212 Å². The van der Waals surface area contributed by atoms with Crippen LogP contribution in [0, 0.1) is 20.8 Å². The molecule has 4 aromatic rings. The molecule has 0 aliphatic rings. The van der Waals surface area contributed by atoms with Crippen LogP contribution in [0.25, 0.3) is 33.3 Å². The zero-order chi connectivity index (χ0) is 25.6. The Bertz CT molecular complexity index is 1380. The summed E-state index contributed by atoms with van der Waals surface area (Å²) in [4.78, 5) is 4.72. The van der Waals surface area contributed by atoms with Crippen LogP contribution in [-0.2, 0) is 7.05 Å². The van der Waals surface area contributed by atoms with Gasteiger partial charge in [-0.15, -0.1) is 0 Å². The summed E-state index contributed by atoms with van der Waals surface area (Å²) in [5, 5.41) is 1.20. The van der Waals surface area contributed by atoms with E-state index < -0.39 is 0 Å². The molecule has 0 bridgehead atoms. The third-order valence-corrected chi connectivity index (χ3v) is 7.47. The van der Waals surface area contributed by atoms with Gasteiger partial charge in [0.2, 0.25) is 0 Å². The second-order valence-corrected chi connectivity index (χ2v) is 11.2. The summed E-state index contributed by atoms with van der Waals surface area (Å²) < 4.78 is 2.18. The van der Waals surface area contributed by atoms with E-state index in [1.54, 1.807) is 0 Å². The number of aromatic nitrogens is 2. The number of rotatable bonds is 5. The van der Waals surface area contributed by atoms with Gasteiger partial charge in [-0.05, 0) is 106 Å². The molecule has 0 radical (unpaired) electrons. The van der Waals surface area contributed by atoms with E-state index in [1.165, 1.54) is 61.2 Å². The van der Waals surface area contributed by atoms with Gasteiger partial charge in [-0.25, -0.2) is 4.57 Å². The normalized spacial score (nSPS) is 11.9. The summed E-state index contributed by atoms with van der Waals surface area (Å²) in [6.45, 7) is 20.5. The topological polar surface area (TPSA) is 16.8 Å². The summed E-state index contributed by atoms with van der Waals surface area (Å²) in [6, 6.07) is 16.3. The number of hydrogen-bond acceptors (Lipinski definition) is 1. The van der Waals surface area contributed by atoms with E-state index in [9.17, 15) is 0 Å². The molecule has 0 unspecified atom stereocenters. The molecule has 0 aliphatic carbocycles. The fourth-order valence-electron chi connectivity index (χ4n) is 5.22. The van der Waals surface area contributed by atoms with Crippen molar-refractivity contribution in [2.24, 2.45) is 7.05 Å². The average molecular weight is 466 g/mol. The third-order valence-electron chi connectivity index (χ3n) is 7.47. The highest BCUT2D eigenvalue weighted by molar-refractivity contribution is 5.93. The van der Waals surface area contributed by atoms with Crippen LogP contribution >= 0.6 is 0 Å². The predicted molar refractivity (Wildman–Crippen MR) is 150 cm³/mol. The number of fused-ring (bicyclic) bond motifs is 1. The van der Waals surface area contributed by atoms with E-state index in [0.717, 1.165) is 5.52 Å². The lowest BCUT2D eigenvalue weighted by Gasteiger charge is -2.24. The van der Waals surface area contributed by atoms with Crippen LogP contribution in [0.3, 0.4) is 0 Å². The maximum Gasteiger partial charge on any atom is 0.287 e. The van der Waals surface area contributed by atoms with Crippen molar-refractivity contribution in [2.75, 3.05) is 0 Å². The molecule has 3 aromatic carbocycles. The number of nitrogens with zero attached hydrogens (tertiary/aromatic N) is 2. The van der Waals surface area contributed by atoms with Gasteiger partial charge in [-0.1, -0.05) is 65.8 Å². The first-order chi connectivity index (χ1) is 16.5. The Morgan fingerprint density at radius 2 is 1.37 bits per heavy atom. The van der Waals surface area contributed by atoms with E-state index in [-0.39, 0.29) is 0 Å². The van der Waals surface area contributed by atoms with Gasteiger partial charge in [0, 0.05) is 5.56 Å². The lowest BCUT2D eigenvalue weighted by Crippen LogP contribution is -2.32. The van der Waals surface area contributed by atoms with Gasteiger partial charge in [0.15, 0.2) is 5.52 Å². The molecule has 0 saturated carbocycles. The van der Waals surface area contributed by atoms with Crippen molar-refractivity contribution >= 4 is 10.9 Å². The first-order valence-electron chi connectivity index (χ1n) is 13.0. The van der Waals surface area contributed by atoms with Gasteiger partial charge in [-0.3, -0.25) is 0 Å². The zero-order valence-electron chi connectivity index (χ0n) is 23.2. The second kappa shape index (κ2) is 9.57. The molecule has 4 rings (SSSR count). The standard InChI is InChI=1S/C33H41N2/c1-19(2)25-15-28(20(3)4)32(29(16-25)21(5)6)26-14-23(8)24(9)30(17-26)33-27-12-11-22(7)13-31(27)34-18-35(33)10/h11-21H,1-10H3/q+1. The molecule has 1 aromatic heterocycles. The number of aryl methyl sites for hydroxylation is 3. The van der Waals surface area contributed by atoms with Crippen LogP contribution in [0.4, 0.5) is 0 Å². The van der Waals surface area contributed by atoms with Crippen molar-refractivity contribution in [3.8, 4) is 22.4 Å². The first kappa shape index (κ1) is 25.1. The van der Waals surface area contributed by atoms with Gasteiger partial charge < -0.3 is 0 Å². The monoisotopic (exact) mass is 465 g/mol. The van der Waals surface area contributed by atoms with E-state index in [0.29, 0.717) is 17.8 Å². The number of benzene rings is 3. The van der Waals surface area contributed by atoms with Crippen molar-refractivity contribution in [1.82, 2.24) is 4.98 Å². The summed E-state index contributed by atoms with van der Waals surface area (Å²) >= 11 is 0. The van der Waals surface area contributed by atoms with Gasteiger partial charge in [0.1, 0.15) is 5.69 Å². The molecule has 2 nitrogen and oxygen atoms in total. The van der Waals surface area contributed by atoms with E-state index in [1.807, 2.05) is 6.33 Å². The highest BCUT2D eigenvalue weighted by atomic mass is 15.0. The highest BCUT2D eigenvalue weighted by Gasteiger charge is 2.23. The SMILES string of the molecule is Cc1ccc2c(-c3cc(-c4c(C(C)C)cc(C(C)C)cc4C(C)C)cc(C)c3C)[n+](C)cnc2c1. The Morgan fingerprint density at radius 1 is 0.743 bits per heavy atom. The zero-order valence-corrected chi connectivity index (χ0v) is 23.2.